The molecule has 0 unspecified atom stereocenters. The van der Waals surface area contributed by atoms with Gasteiger partial charge in [0, 0.05) is 37.9 Å². The van der Waals surface area contributed by atoms with Crippen LogP contribution in [0.5, 0.6) is 0 Å². The molecule has 1 N–H and O–H groups in total. The lowest BCUT2D eigenvalue weighted by molar-refractivity contribution is 0.0224. The van der Waals surface area contributed by atoms with Crippen molar-refractivity contribution >= 4 is 35.1 Å². The summed E-state index contributed by atoms with van der Waals surface area (Å²) in [4.78, 5) is 25.3. The zero-order valence-corrected chi connectivity index (χ0v) is 18.9. The van der Waals surface area contributed by atoms with E-state index in [9.17, 15) is 4.79 Å². The van der Waals surface area contributed by atoms with Gasteiger partial charge < -0.3 is 24.6 Å². The van der Waals surface area contributed by atoms with Gasteiger partial charge in [0.2, 0.25) is 5.95 Å². The Morgan fingerprint density at radius 1 is 1.13 bits per heavy atom. The fraction of sp³-hybridized carbons (Fsp3) is 0.500. The van der Waals surface area contributed by atoms with Crippen LogP contribution in [-0.2, 0) is 22.4 Å². The van der Waals surface area contributed by atoms with Crippen molar-refractivity contribution in [3.8, 4) is 0 Å². The van der Waals surface area contributed by atoms with E-state index in [1.165, 1.54) is 5.56 Å². The Morgan fingerprint density at radius 2 is 1.90 bits per heavy atom. The van der Waals surface area contributed by atoms with E-state index in [1.54, 1.807) is 11.0 Å². The number of rotatable bonds is 3. The zero-order valence-electron chi connectivity index (χ0n) is 18.2. The number of anilines is 3. The SMILES string of the molecule is CC(C)(C)OC(=O)N1CCc2ccc(Nc3nc(Cl)cc(N4CCOCC4)n3)cc2C1. The van der Waals surface area contributed by atoms with Crippen LogP contribution in [-0.4, -0.2) is 59.4 Å². The lowest BCUT2D eigenvalue weighted by Gasteiger charge is -2.31. The summed E-state index contributed by atoms with van der Waals surface area (Å²) in [6.07, 6.45) is 0.508. The summed E-state index contributed by atoms with van der Waals surface area (Å²) in [6.45, 7) is 9.66. The summed E-state index contributed by atoms with van der Waals surface area (Å²) >= 11 is 6.25. The van der Waals surface area contributed by atoms with Crippen molar-refractivity contribution in [1.82, 2.24) is 14.9 Å². The van der Waals surface area contributed by atoms with Crippen LogP contribution in [0.3, 0.4) is 0 Å². The molecule has 3 heterocycles. The summed E-state index contributed by atoms with van der Waals surface area (Å²) < 4.78 is 10.9. The Balaban J connectivity index is 1.49. The van der Waals surface area contributed by atoms with Gasteiger partial charge in [-0.25, -0.2) is 9.78 Å². The number of hydrogen-bond acceptors (Lipinski definition) is 7. The number of nitrogens with one attached hydrogen (secondary N) is 1. The molecule has 0 radical (unpaired) electrons. The Bertz CT molecular complexity index is 957. The highest BCUT2D eigenvalue weighted by Gasteiger charge is 2.26. The number of fused-ring (bicyclic) bond motifs is 1. The van der Waals surface area contributed by atoms with E-state index < -0.39 is 5.60 Å². The molecule has 166 valence electrons. The minimum absolute atomic E-state index is 0.287. The van der Waals surface area contributed by atoms with Gasteiger partial charge in [-0.05, 0) is 50.5 Å². The maximum atomic E-state index is 12.5. The van der Waals surface area contributed by atoms with Crippen LogP contribution in [0.25, 0.3) is 0 Å². The molecule has 1 fully saturated rings. The van der Waals surface area contributed by atoms with Crippen LogP contribution in [0.2, 0.25) is 5.15 Å². The minimum atomic E-state index is -0.511. The first-order chi connectivity index (χ1) is 14.8. The molecule has 31 heavy (non-hydrogen) atoms. The van der Waals surface area contributed by atoms with Crippen LogP contribution in [0, 0.1) is 0 Å². The van der Waals surface area contributed by atoms with E-state index in [0.29, 0.717) is 37.4 Å². The molecular weight excluding hydrogens is 418 g/mol. The van der Waals surface area contributed by atoms with Gasteiger partial charge in [-0.2, -0.15) is 4.98 Å². The van der Waals surface area contributed by atoms with E-state index >= 15 is 0 Å². The van der Waals surface area contributed by atoms with Gasteiger partial charge in [0.25, 0.3) is 0 Å². The molecule has 0 bridgehead atoms. The third-order valence-corrected chi connectivity index (χ3v) is 5.34. The molecule has 2 aliphatic heterocycles. The number of benzene rings is 1. The van der Waals surface area contributed by atoms with Crippen molar-refractivity contribution < 1.29 is 14.3 Å². The monoisotopic (exact) mass is 445 g/mol. The highest BCUT2D eigenvalue weighted by Crippen LogP contribution is 2.26. The molecule has 1 saturated heterocycles. The standard InChI is InChI=1S/C22H28ClN5O3/c1-22(2,3)31-21(29)28-7-6-15-4-5-17(12-16(15)14-28)24-20-25-18(23)13-19(26-20)27-8-10-30-11-9-27/h4-5,12-13H,6-11,14H2,1-3H3,(H,24,25,26). The molecule has 4 rings (SSSR count). The minimum Gasteiger partial charge on any atom is -0.444 e. The Labute approximate surface area is 187 Å². The molecule has 1 amide bonds. The van der Waals surface area contributed by atoms with Crippen molar-refractivity contribution in [3.05, 3.63) is 40.5 Å². The number of carbonyl (C=O) groups excluding carboxylic acids is 1. The number of hydrogen-bond donors (Lipinski definition) is 1. The molecule has 1 aromatic heterocycles. The number of aromatic nitrogens is 2. The Hall–Kier alpha value is -2.58. The highest BCUT2D eigenvalue weighted by atomic mass is 35.5. The number of nitrogens with zero attached hydrogens (tertiary/aromatic N) is 4. The van der Waals surface area contributed by atoms with Crippen molar-refractivity contribution in [2.75, 3.05) is 43.1 Å². The number of ether oxygens (including phenoxy) is 2. The first-order valence-electron chi connectivity index (χ1n) is 10.5. The summed E-state index contributed by atoms with van der Waals surface area (Å²) in [7, 11) is 0. The average molecular weight is 446 g/mol. The molecule has 0 atom stereocenters. The number of morpholine rings is 1. The first-order valence-corrected chi connectivity index (χ1v) is 10.9. The van der Waals surface area contributed by atoms with Crippen LogP contribution in [0.1, 0.15) is 31.9 Å². The van der Waals surface area contributed by atoms with Gasteiger partial charge in [-0.1, -0.05) is 17.7 Å². The largest absolute Gasteiger partial charge is 0.444 e. The molecule has 2 aromatic rings. The van der Waals surface area contributed by atoms with Crippen LogP contribution in [0.4, 0.5) is 22.2 Å². The molecule has 0 aliphatic carbocycles. The molecule has 2 aliphatic rings. The second-order valence-corrected chi connectivity index (χ2v) is 9.12. The lowest BCUT2D eigenvalue weighted by atomic mass is 9.99. The van der Waals surface area contributed by atoms with E-state index in [1.807, 2.05) is 32.9 Å². The smallest absolute Gasteiger partial charge is 0.410 e. The first kappa shape index (κ1) is 21.6. The van der Waals surface area contributed by atoms with Gasteiger partial charge in [0.1, 0.15) is 16.6 Å². The third kappa shape index (κ3) is 5.57. The van der Waals surface area contributed by atoms with Crippen molar-refractivity contribution in [2.45, 2.75) is 39.3 Å². The highest BCUT2D eigenvalue weighted by molar-refractivity contribution is 6.29. The van der Waals surface area contributed by atoms with Crippen molar-refractivity contribution in [2.24, 2.45) is 0 Å². The average Bonchev–Trinajstić information content (AvgIpc) is 2.72. The summed E-state index contributed by atoms with van der Waals surface area (Å²) in [5.74, 6) is 1.22. The van der Waals surface area contributed by atoms with Gasteiger partial charge in [-0.3, -0.25) is 0 Å². The van der Waals surface area contributed by atoms with E-state index in [2.05, 4.69) is 26.3 Å². The molecule has 8 nitrogen and oxygen atoms in total. The quantitative estimate of drug-likeness (QED) is 0.715. The fourth-order valence-electron chi connectivity index (χ4n) is 3.66. The third-order valence-electron chi connectivity index (χ3n) is 5.14. The van der Waals surface area contributed by atoms with Gasteiger partial charge in [0.15, 0.2) is 0 Å². The van der Waals surface area contributed by atoms with Crippen molar-refractivity contribution in [1.29, 1.82) is 0 Å². The van der Waals surface area contributed by atoms with Crippen molar-refractivity contribution in [3.63, 3.8) is 0 Å². The van der Waals surface area contributed by atoms with E-state index in [0.717, 1.165) is 36.6 Å². The molecule has 0 spiro atoms. The number of carbonyl (C=O) groups is 1. The molecule has 9 heteroatoms. The van der Waals surface area contributed by atoms with Gasteiger partial charge >= 0.3 is 6.09 Å². The Morgan fingerprint density at radius 3 is 2.65 bits per heavy atom. The van der Waals surface area contributed by atoms with Gasteiger partial charge in [-0.15, -0.1) is 0 Å². The zero-order chi connectivity index (χ0) is 22.0. The summed E-state index contributed by atoms with van der Waals surface area (Å²) in [5.41, 5.74) is 2.65. The fourth-order valence-corrected chi connectivity index (χ4v) is 3.84. The van der Waals surface area contributed by atoms with Crippen LogP contribution < -0.4 is 10.2 Å². The number of amides is 1. The normalized spacial score (nSPS) is 16.6. The predicted octanol–water partition coefficient (Wildman–Crippen LogP) is 4.00. The predicted molar refractivity (Wildman–Crippen MR) is 120 cm³/mol. The molecular formula is C22H28ClN5O3. The van der Waals surface area contributed by atoms with Crippen LogP contribution >= 0.6 is 11.6 Å². The maximum Gasteiger partial charge on any atom is 0.410 e. The molecule has 0 saturated carbocycles. The number of halogens is 1. The van der Waals surface area contributed by atoms with E-state index in [-0.39, 0.29) is 6.09 Å². The lowest BCUT2D eigenvalue weighted by Crippen LogP contribution is -2.39. The van der Waals surface area contributed by atoms with Crippen LogP contribution in [0.15, 0.2) is 24.3 Å². The molecule has 1 aromatic carbocycles. The maximum absolute atomic E-state index is 12.5. The summed E-state index contributed by atoms with van der Waals surface area (Å²) in [6, 6.07) is 7.88. The topological polar surface area (TPSA) is 79.8 Å². The summed E-state index contributed by atoms with van der Waals surface area (Å²) in [5, 5.41) is 3.64. The Kier molecular flexibility index (Phi) is 6.20. The van der Waals surface area contributed by atoms with E-state index in [4.69, 9.17) is 21.1 Å². The van der Waals surface area contributed by atoms with Gasteiger partial charge in [0.05, 0.1) is 13.2 Å². The second-order valence-electron chi connectivity index (χ2n) is 8.73. The second kappa shape index (κ2) is 8.88.